The molecule has 4 aliphatic carbocycles. The van der Waals surface area contributed by atoms with E-state index in [1.165, 1.54) is 32.1 Å². The number of hydrogen-bond donors (Lipinski definition) is 0. The molecular formula is C21H33FO. The number of carbonyl (C=O) groups is 1. The fourth-order valence-electron chi connectivity index (χ4n) is 7.87. The molecule has 0 amide bonds. The van der Waals surface area contributed by atoms with Crippen LogP contribution in [-0.2, 0) is 4.79 Å². The zero-order valence-electron chi connectivity index (χ0n) is 15.1. The lowest BCUT2D eigenvalue weighted by Crippen LogP contribution is -2.54. The van der Waals surface area contributed by atoms with Crippen molar-refractivity contribution in [2.24, 2.45) is 40.4 Å². The Bertz CT molecular complexity index is 502. The molecule has 0 N–H and O–H groups in total. The molecule has 2 heteroatoms. The van der Waals surface area contributed by atoms with Crippen LogP contribution in [0.15, 0.2) is 0 Å². The van der Waals surface area contributed by atoms with E-state index in [1.807, 2.05) is 6.92 Å². The Morgan fingerprint density at radius 2 is 1.61 bits per heavy atom. The first-order valence-electron chi connectivity index (χ1n) is 10.0. The van der Waals surface area contributed by atoms with Gasteiger partial charge in [-0.05, 0) is 99.2 Å². The van der Waals surface area contributed by atoms with Gasteiger partial charge in [-0.3, -0.25) is 4.79 Å². The summed E-state index contributed by atoms with van der Waals surface area (Å²) in [5.41, 5.74) is 0.634. The highest BCUT2D eigenvalue weighted by Gasteiger charge is 2.60. The minimum Gasteiger partial charge on any atom is -0.300 e. The molecule has 0 aromatic carbocycles. The minimum atomic E-state index is -0.549. The van der Waals surface area contributed by atoms with Crippen LogP contribution in [0.1, 0.15) is 78.6 Å². The monoisotopic (exact) mass is 320 g/mol. The smallest absolute Gasteiger partial charge is 0.133 e. The van der Waals surface area contributed by atoms with Crippen molar-refractivity contribution in [2.45, 2.75) is 84.7 Å². The summed E-state index contributed by atoms with van der Waals surface area (Å²) < 4.78 is 13.9. The van der Waals surface area contributed by atoms with Gasteiger partial charge < -0.3 is 0 Å². The van der Waals surface area contributed by atoms with Gasteiger partial charge >= 0.3 is 0 Å². The van der Waals surface area contributed by atoms with E-state index < -0.39 is 6.17 Å². The van der Waals surface area contributed by atoms with E-state index in [9.17, 15) is 9.18 Å². The predicted molar refractivity (Wildman–Crippen MR) is 90.8 cm³/mol. The van der Waals surface area contributed by atoms with Crippen LogP contribution < -0.4 is 0 Å². The van der Waals surface area contributed by atoms with E-state index in [4.69, 9.17) is 0 Å². The van der Waals surface area contributed by atoms with Crippen molar-refractivity contribution in [3.8, 4) is 0 Å². The van der Waals surface area contributed by atoms with Gasteiger partial charge in [-0.15, -0.1) is 0 Å². The molecular weight excluding hydrogens is 287 g/mol. The fraction of sp³-hybridized carbons (Fsp3) is 0.952. The Balaban J connectivity index is 1.61. The highest BCUT2D eigenvalue weighted by atomic mass is 19.1. The molecule has 0 aliphatic heterocycles. The van der Waals surface area contributed by atoms with Crippen LogP contribution in [0.5, 0.6) is 0 Å². The number of Topliss-reactive ketones (excluding diaryl/α,β-unsaturated/α-hetero) is 1. The number of hydrogen-bond acceptors (Lipinski definition) is 1. The van der Waals surface area contributed by atoms with E-state index in [2.05, 4.69) is 13.8 Å². The van der Waals surface area contributed by atoms with E-state index in [0.717, 1.165) is 43.4 Å². The van der Waals surface area contributed by atoms with Crippen LogP contribution in [0, 0.1) is 40.4 Å². The second kappa shape index (κ2) is 5.30. The van der Waals surface area contributed by atoms with Gasteiger partial charge in [0.25, 0.3) is 0 Å². The third-order valence-electron chi connectivity index (χ3n) is 9.09. The molecule has 0 aromatic heterocycles. The largest absolute Gasteiger partial charge is 0.300 e. The molecule has 4 unspecified atom stereocenters. The lowest BCUT2D eigenvalue weighted by Gasteiger charge is -2.60. The molecule has 0 bridgehead atoms. The molecule has 0 heterocycles. The number of carbonyl (C=O) groups excluding carboxylic acids is 1. The minimum absolute atomic E-state index is 0.257. The summed E-state index contributed by atoms with van der Waals surface area (Å²) in [7, 11) is 0. The second-order valence-corrected chi connectivity index (χ2v) is 9.81. The quantitative estimate of drug-likeness (QED) is 0.617. The van der Waals surface area contributed by atoms with Gasteiger partial charge in [0.05, 0.1) is 0 Å². The summed E-state index contributed by atoms with van der Waals surface area (Å²) in [5.74, 6) is 3.68. The van der Waals surface area contributed by atoms with E-state index in [1.54, 1.807) is 0 Å². The molecule has 0 radical (unpaired) electrons. The Kier molecular flexibility index (Phi) is 3.71. The Morgan fingerprint density at radius 1 is 0.913 bits per heavy atom. The van der Waals surface area contributed by atoms with Gasteiger partial charge in [-0.2, -0.15) is 0 Å². The standard InChI is InChI=1S/C21H33FO/c1-13(23)17-6-7-18-16-5-4-14-12-15(22)8-10-20(14,2)19(16)9-11-21(17,18)3/h14-19H,4-12H2,1-3H3/t14-,15-,16?,17?,18?,19?,20-,21+/m0/s1. The summed E-state index contributed by atoms with van der Waals surface area (Å²) in [4.78, 5) is 12.2. The Morgan fingerprint density at radius 3 is 2.35 bits per heavy atom. The molecule has 0 spiro atoms. The number of fused-ring (bicyclic) bond motifs is 5. The molecule has 1 nitrogen and oxygen atoms in total. The summed E-state index contributed by atoms with van der Waals surface area (Å²) in [6.45, 7) is 6.71. The van der Waals surface area contributed by atoms with Crippen molar-refractivity contribution in [3.63, 3.8) is 0 Å². The number of alkyl halides is 1. The highest BCUT2D eigenvalue weighted by Crippen LogP contribution is 2.67. The average Bonchev–Trinajstić information content (AvgIpc) is 2.85. The molecule has 4 saturated carbocycles. The fourth-order valence-corrected chi connectivity index (χ4v) is 7.87. The third kappa shape index (κ3) is 2.19. The predicted octanol–water partition coefficient (Wildman–Crippen LogP) is 5.57. The van der Waals surface area contributed by atoms with Crippen molar-refractivity contribution < 1.29 is 9.18 Å². The van der Waals surface area contributed by atoms with Gasteiger partial charge in [-0.1, -0.05) is 13.8 Å². The zero-order valence-corrected chi connectivity index (χ0v) is 15.1. The first-order chi connectivity index (χ1) is 10.9. The molecule has 4 fully saturated rings. The Hall–Kier alpha value is -0.400. The van der Waals surface area contributed by atoms with Crippen LogP contribution in [0.2, 0.25) is 0 Å². The van der Waals surface area contributed by atoms with Crippen molar-refractivity contribution in [1.82, 2.24) is 0 Å². The SMILES string of the molecule is CC(=O)C1CCC2C3CC[C@H]4C[C@@H](F)CC[C@]4(C)C3CC[C@]12C. The molecule has 0 saturated heterocycles. The van der Waals surface area contributed by atoms with Crippen molar-refractivity contribution in [3.05, 3.63) is 0 Å². The third-order valence-corrected chi connectivity index (χ3v) is 9.09. The molecule has 130 valence electrons. The van der Waals surface area contributed by atoms with Crippen LogP contribution in [0.4, 0.5) is 4.39 Å². The molecule has 4 rings (SSSR count). The molecule has 8 atom stereocenters. The molecule has 4 aliphatic rings. The summed E-state index contributed by atoms with van der Waals surface area (Å²) >= 11 is 0. The normalized spacial score (nSPS) is 55.7. The van der Waals surface area contributed by atoms with Crippen molar-refractivity contribution >= 4 is 5.78 Å². The van der Waals surface area contributed by atoms with Crippen LogP contribution in [0.25, 0.3) is 0 Å². The average molecular weight is 320 g/mol. The van der Waals surface area contributed by atoms with Gasteiger partial charge in [0.2, 0.25) is 0 Å². The lowest BCUT2D eigenvalue weighted by molar-refractivity contribution is -0.135. The van der Waals surface area contributed by atoms with Crippen LogP contribution >= 0.6 is 0 Å². The first kappa shape index (κ1) is 16.1. The summed E-state index contributed by atoms with van der Waals surface area (Å²) in [6, 6.07) is 0. The maximum absolute atomic E-state index is 13.9. The molecule has 0 aromatic rings. The first-order valence-corrected chi connectivity index (χ1v) is 10.0. The maximum atomic E-state index is 13.9. The number of ketones is 1. The van der Waals surface area contributed by atoms with Crippen molar-refractivity contribution in [1.29, 1.82) is 0 Å². The number of halogens is 1. The summed E-state index contributed by atoms with van der Waals surface area (Å²) in [6.07, 6.45) is 9.56. The van der Waals surface area contributed by atoms with Crippen LogP contribution in [0.3, 0.4) is 0 Å². The highest BCUT2D eigenvalue weighted by molar-refractivity contribution is 5.79. The zero-order chi connectivity index (χ0) is 16.4. The maximum Gasteiger partial charge on any atom is 0.133 e. The van der Waals surface area contributed by atoms with E-state index >= 15 is 0 Å². The van der Waals surface area contributed by atoms with Crippen molar-refractivity contribution in [2.75, 3.05) is 0 Å². The van der Waals surface area contributed by atoms with Gasteiger partial charge in [0.1, 0.15) is 12.0 Å². The molecule has 23 heavy (non-hydrogen) atoms. The van der Waals surface area contributed by atoms with E-state index in [0.29, 0.717) is 23.0 Å². The number of rotatable bonds is 1. The van der Waals surface area contributed by atoms with Crippen LogP contribution in [-0.4, -0.2) is 12.0 Å². The Labute approximate surface area is 140 Å². The summed E-state index contributed by atoms with van der Waals surface area (Å²) in [5, 5.41) is 0. The topological polar surface area (TPSA) is 17.1 Å². The van der Waals surface area contributed by atoms with E-state index in [-0.39, 0.29) is 5.41 Å². The van der Waals surface area contributed by atoms with Gasteiger partial charge in [0, 0.05) is 5.92 Å². The van der Waals surface area contributed by atoms with Gasteiger partial charge in [0.15, 0.2) is 0 Å². The van der Waals surface area contributed by atoms with Gasteiger partial charge in [-0.25, -0.2) is 4.39 Å². The second-order valence-electron chi connectivity index (χ2n) is 9.81. The lowest BCUT2D eigenvalue weighted by atomic mass is 9.44.